The van der Waals surface area contributed by atoms with Gasteiger partial charge in [-0.3, -0.25) is 0 Å². The van der Waals surface area contributed by atoms with Crippen LogP contribution in [-0.2, 0) is 13.2 Å². The van der Waals surface area contributed by atoms with Gasteiger partial charge < -0.3 is 10.0 Å². The molecule has 2 aromatic rings. The van der Waals surface area contributed by atoms with Crippen LogP contribution >= 0.6 is 15.9 Å². The molecule has 1 N–H and O–H groups in total. The zero-order chi connectivity index (χ0) is 13.8. The Bertz CT molecular complexity index is 551. The molecule has 0 fully saturated rings. The summed E-state index contributed by atoms with van der Waals surface area (Å²) in [6, 6.07) is 14.5. The van der Waals surface area contributed by atoms with E-state index in [1.54, 1.807) is 0 Å². The Balaban J connectivity index is 2.13. The van der Waals surface area contributed by atoms with Gasteiger partial charge in [-0.1, -0.05) is 34.1 Å². The van der Waals surface area contributed by atoms with E-state index >= 15 is 0 Å². The summed E-state index contributed by atoms with van der Waals surface area (Å²) in [4.78, 5) is 2.21. The maximum atomic E-state index is 9.19. The van der Waals surface area contributed by atoms with Gasteiger partial charge in [0.15, 0.2) is 0 Å². The number of halogens is 1. The molecule has 2 rings (SSSR count). The number of hydrogen-bond acceptors (Lipinski definition) is 2. The first-order valence-electron chi connectivity index (χ1n) is 6.26. The Hall–Kier alpha value is -1.32. The molecule has 0 radical (unpaired) electrons. The van der Waals surface area contributed by atoms with E-state index in [9.17, 15) is 5.11 Å². The molecule has 0 bridgehead atoms. The molecule has 0 saturated carbocycles. The molecule has 0 atom stereocenters. The standard InChI is InChI=1S/C16H18BrNO/c1-12-9-16(8-5-14(12)11-19)18(2)10-13-3-6-15(17)7-4-13/h3-9,19H,10-11H2,1-2H3. The number of rotatable bonds is 4. The highest BCUT2D eigenvalue weighted by Crippen LogP contribution is 2.20. The third-order valence-electron chi connectivity index (χ3n) is 3.27. The van der Waals surface area contributed by atoms with Gasteiger partial charge in [0.25, 0.3) is 0 Å². The monoisotopic (exact) mass is 319 g/mol. The molecule has 0 aromatic heterocycles. The molecular weight excluding hydrogens is 302 g/mol. The normalized spacial score (nSPS) is 10.5. The van der Waals surface area contributed by atoms with Gasteiger partial charge in [-0.25, -0.2) is 0 Å². The van der Waals surface area contributed by atoms with Crippen molar-refractivity contribution in [1.29, 1.82) is 0 Å². The zero-order valence-corrected chi connectivity index (χ0v) is 12.8. The average Bonchev–Trinajstić information content (AvgIpc) is 2.41. The van der Waals surface area contributed by atoms with E-state index in [4.69, 9.17) is 0 Å². The molecule has 2 nitrogen and oxygen atoms in total. The lowest BCUT2D eigenvalue weighted by molar-refractivity contribution is 0.281. The van der Waals surface area contributed by atoms with Crippen molar-refractivity contribution in [2.24, 2.45) is 0 Å². The van der Waals surface area contributed by atoms with Crippen LogP contribution in [0, 0.1) is 6.92 Å². The lowest BCUT2D eigenvalue weighted by Gasteiger charge is -2.20. The molecule has 0 unspecified atom stereocenters. The topological polar surface area (TPSA) is 23.5 Å². The van der Waals surface area contributed by atoms with Gasteiger partial charge in [-0.15, -0.1) is 0 Å². The van der Waals surface area contributed by atoms with Gasteiger partial charge in [-0.2, -0.15) is 0 Å². The lowest BCUT2D eigenvalue weighted by atomic mass is 10.1. The molecule has 3 heteroatoms. The Morgan fingerprint density at radius 1 is 1.11 bits per heavy atom. The number of aliphatic hydroxyl groups is 1. The quantitative estimate of drug-likeness (QED) is 0.924. The second-order valence-corrected chi connectivity index (χ2v) is 5.67. The minimum Gasteiger partial charge on any atom is -0.392 e. The van der Waals surface area contributed by atoms with Crippen molar-refractivity contribution in [3.05, 3.63) is 63.6 Å². The van der Waals surface area contributed by atoms with E-state index in [0.29, 0.717) is 0 Å². The summed E-state index contributed by atoms with van der Waals surface area (Å²) in [5.74, 6) is 0. The predicted molar refractivity (Wildman–Crippen MR) is 83.4 cm³/mol. The molecule has 0 aliphatic rings. The lowest BCUT2D eigenvalue weighted by Crippen LogP contribution is -2.16. The highest BCUT2D eigenvalue weighted by Gasteiger charge is 2.04. The molecule has 0 spiro atoms. The average molecular weight is 320 g/mol. The third-order valence-corrected chi connectivity index (χ3v) is 3.80. The van der Waals surface area contributed by atoms with Gasteiger partial charge in [0.2, 0.25) is 0 Å². The van der Waals surface area contributed by atoms with Crippen LogP contribution in [0.15, 0.2) is 46.9 Å². The van der Waals surface area contributed by atoms with Crippen molar-refractivity contribution in [1.82, 2.24) is 0 Å². The SMILES string of the molecule is Cc1cc(N(C)Cc2ccc(Br)cc2)ccc1CO. The first-order chi connectivity index (χ1) is 9.10. The first kappa shape index (κ1) is 14.1. The van der Waals surface area contributed by atoms with Crippen LogP contribution in [0.2, 0.25) is 0 Å². The smallest absolute Gasteiger partial charge is 0.0684 e. The van der Waals surface area contributed by atoms with Gasteiger partial charge in [0, 0.05) is 23.8 Å². The minimum atomic E-state index is 0.0997. The number of hydrogen-bond donors (Lipinski definition) is 1. The van der Waals surface area contributed by atoms with Crippen LogP contribution in [-0.4, -0.2) is 12.2 Å². The molecule has 0 aliphatic carbocycles. The third kappa shape index (κ3) is 3.58. The maximum absolute atomic E-state index is 9.19. The summed E-state index contributed by atoms with van der Waals surface area (Å²) in [5.41, 5.74) is 4.55. The van der Waals surface area contributed by atoms with Crippen molar-refractivity contribution >= 4 is 21.6 Å². The van der Waals surface area contributed by atoms with E-state index in [0.717, 1.165) is 27.8 Å². The highest BCUT2D eigenvalue weighted by molar-refractivity contribution is 9.10. The number of aliphatic hydroxyl groups excluding tert-OH is 1. The van der Waals surface area contributed by atoms with Gasteiger partial charge >= 0.3 is 0 Å². The van der Waals surface area contributed by atoms with E-state index < -0.39 is 0 Å². The van der Waals surface area contributed by atoms with E-state index in [1.807, 2.05) is 13.0 Å². The number of nitrogens with zero attached hydrogens (tertiary/aromatic N) is 1. The predicted octanol–water partition coefficient (Wildman–Crippen LogP) is 3.89. The summed E-state index contributed by atoms with van der Waals surface area (Å²) in [5, 5.41) is 9.19. The first-order valence-corrected chi connectivity index (χ1v) is 7.05. The van der Waals surface area contributed by atoms with Gasteiger partial charge in [0.05, 0.1) is 6.61 Å². The fourth-order valence-electron chi connectivity index (χ4n) is 2.05. The summed E-state index contributed by atoms with van der Waals surface area (Å²) >= 11 is 3.44. The van der Waals surface area contributed by atoms with E-state index in [-0.39, 0.29) is 6.61 Å². The second-order valence-electron chi connectivity index (χ2n) is 4.75. The zero-order valence-electron chi connectivity index (χ0n) is 11.2. The molecule has 0 heterocycles. The van der Waals surface area contributed by atoms with Crippen LogP contribution in [0.4, 0.5) is 5.69 Å². The number of benzene rings is 2. The van der Waals surface area contributed by atoms with Crippen LogP contribution in [0.5, 0.6) is 0 Å². The molecular formula is C16H18BrNO. The summed E-state index contributed by atoms with van der Waals surface area (Å²) in [6.45, 7) is 3.00. The van der Waals surface area contributed by atoms with Crippen molar-refractivity contribution < 1.29 is 5.11 Å². The molecule has 100 valence electrons. The fourth-order valence-corrected chi connectivity index (χ4v) is 2.31. The van der Waals surface area contributed by atoms with Crippen LogP contribution in [0.3, 0.4) is 0 Å². The maximum Gasteiger partial charge on any atom is 0.0684 e. The van der Waals surface area contributed by atoms with Gasteiger partial charge in [-0.05, 0) is 47.9 Å². The molecule has 0 amide bonds. The van der Waals surface area contributed by atoms with E-state index in [2.05, 4.69) is 64.3 Å². The highest BCUT2D eigenvalue weighted by atomic mass is 79.9. The minimum absolute atomic E-state index is 0.0997. The summed E-state index contributed by atoms with van der Waals surface area (Å²) < 4.78 is 1.10. The van der Waals surface area contributed by atoms with Crippen molar-refractivity contribution in [2.75, 3.05) is 11.9 Å². The Morgan fingerprint density at radius 2 is 1.79 bits per heavy atom. The van der Waals surface area contributed by atoms with E-state index in [1.165, 1.54) is 5.56 Å². The number of aryl methyl sites for hydroxylation is 1. The Labute approximate surface area is 122 Å². The van der Waals surface area contributed by atoms with Crippen molar-refractivity contribution in [3.8, 4) is 0 Å². The Kier molecular flexibility index (Phi) is 4.61. The van der Waals surface area contributed by atoms with Crippen molar-refractivity contribution in [3.63, 3.8) is 0 Å². The van der Waals surface area contributed by atoms with Gasteiger partial charge in [0.1, 0.15) is 0 Å². The summed E-state index contributed by atoms with van der Waals surface area (Å²) in [6.07, 6.45) is 0. The second kappa shape index (κ2) is 6.22. The molecule has 0 saturated heterocycles. The fraction of sp³-hybridized carbons (Fsp3) is 0.250. The van der Waals surface area contributed by atoms with Crippen LogP contribution in [0.25, 0.3) is 0 Å². The number of anilines is 1. The van der Waals surface area contributed by atoms with Crippen LogP contribution < -0.4 is 4.90 Å². The molecule has 0 aliphatic heterocycles. The molecule has 19 heavy (non-hydrogen) atoms. The Morgan fingerprint density at radius 3 is 2.37 bits per heavy atom. The largest absolute Gasteiger partial charge is 0.392 e. The summed E-state index contributed by atoms with van der Waals surface area (Å²) in [7, 11) is 2.08. The molecule has 2 aromatic carbocycles. The van der Waals surface area contributed by atoms with Crippen molar-refractivity contribution in [2.45, 2.75) is 20.1 Å². The van der Waals surface area contributed by atoms with Crippen LogP contribution in [0.1, 0.15) is 16.7 Å².